The quantitative estimate of drug-likeness (QED) is 0.0951. The summed E-state index contributed by atoms with van der Waals surface area (Å²) in [5.74, 6) is 2.17. The molecule has 0 spiro atoms. The van der Waals surface area contributed by atoms with Gasteiger partial charge in [-0.3, -0.25) is 4.79 Å². The predicted molar refractivity (Wildman–Crippen MR) is 203 cm³/mol. The normalized spacial score (nSPS) is 15.8. The highest BCUT2D eigenvalue weighted by Gasteiger charge is 2.22. The minimum Gasteiger partial charge on any atom is -0.507 e. The second-order valence-corrected chi connectivity index (χ2v) is 14.4. The number of phenols is 1. The number of hydrogen-bond acceptors (Lipinski definition) is 8. The van der Waals surface area contributed by atoms with Crippen LogP contribution in [0.4, 0.5) is 0 Å². The third kappa shape index (κ3) is 11.1. The summed E-state index contributed by atoms with van der Waals surface area (Å²) in [7, 11) is 1.53. The van der Waals surface area contributed by atoms with Gasteiger partial charge in [-0.15, -0.1) is 0 Å². The Morgan fingerprint density at radius 2 is 1.42 bits per heavy atom. The maximum absolute atomic E-state index is 14.0. The zero-order valence-corrected chi connectivity index (χ0v) is 30.8. The summed E-state index contributed by atoms with van der Waals surface area (Å²) in [5.41, 5.74) is 1.37. The molecular weight excluding hydrogens is 628 g/mol. The zero-order chi connectivity index (χ0) is 35.0. The number of aromatic hydroxyl groups is 1. The van der Waals surface area contributed by atoms with Gasteiger partial charge in [0.25, 0.3) is 0 Å². The van der Waals surface area contributed by atoms with Crippen molar-refractivity contribution < 1.29 is 23.7 Å². The highest BCUT2D eigenvalue weighted by atomic mass is 16.5. The van der Waals surface area contributed by atoms with Crippen molar-refractivity contribution in [2.45, 2.75) is 141 Å². The molecule has 8 nitrogen and oxygen atoms in total. The van der Waals surface area contributed by atoms with Crippen LogP contribution in [0.2, 0.25) is 0 Å². The molecule has 0 radical (unpaired) electrons. The van der Waals surface area contributed by atoms with E-state index in [1.54, 1.807) is 6.07 Å². The SMILES string of the molecule is CCCCCCc1c(-c2ccc(OCCCCNC3CCCCC3)cc2OCCCCNC2CCCCC2)oc2cc(OC)cc(O)c2c1=O. The van der Waals surface area contributed by atoms with E-state index in [1.807, 2.05) is 18.2 Å². The van der Waals surface area contributed by atoms with Crippen molar-refractivity contribution >= 4 is 11.0 Å². The average molecular weight is 691 g/mol. The number of fused-ring (bicyclic) bond motifs is 1. The smallest absolute Gasteiger partial charge is 0.200 e. The Hall–Kier alpha value is -3.23. The molecule has 2 fully saturated rings. The van der Waals surface area contributed by atoms with Gasteiger partial charge in [0.2, 0.25) is 0 Å². The summed E-state index contributed by atoms with van der Waals surface area (Å²) in [4.78, 5) is 14.0. The zero-order valence-electron chi connectivity index (χ0n) is 30.8. The van der Waals surface area contributed by atoms with E-state index in [1.165, 1.54) is 77.4 Å². The molecular formula is C42H62N2O6. The highest BCUT2D eigenvalue weighted by Crippen LogP contribution is 2.39. The Bertz CT molecular complexity index is 1510. The first-order chi connectivity index (χ1) is 24.6. The van der Waals surface area contributed by atoms with E-state index in [9.17, 15) is 9.90 Å². The van der Waals surface area contributed by atoms with Gasteiger partial charge in [0.15, 0.2) is 5.43 Å². The Morgan fingerprint density at radius 3 is 2.06 bits per heavy atom. The number of ether oxygens (including phenoxy) is 3. The van der Waals surface area contributed by atoms with Crippen molar-refractivity contribution in [3.8, 4) is 34.3 Å². The van der Waals surface area contributed by atoms with Gasteiger partial charge in [0.05, 0.1) is 25.9 Å². The van der Waals surface area contributed by atoms with Crippen LogP contribution in [0.5, 0.6) is 23.0 Å². The van der Waals surface area contributed by atoms with Gasteiger partial charge in [0, 0.05) is 35.8 Å². The Labute approximate surface area is 299 Å². The Balaban J connectivity index is 1.33. The molecule has 50 heavy (non-hydrogen) atoms. The Kier molecular flexibility index (Phi) is 15.6. The molecule has 3 N–H and O–H groups in total. The van der Waals surface area contributed by atoms with E-state index in [-0.39, 0.29) is 16.6 Å². The summed E-state index contributed by atoms with van der Waals surface area (Å²) < 4.78 is 24.7. The number of rotatable bonds is 21. The van der Waals surface area contributed by atoms with Gasteiger partial charge < -0.3 is 34.4 Å². The van der Waals surface area contributed by atoms with Gasteiger partial charge in [-0.25, -0.2) is 0 Å². The summed E-state index contributed by atoms with van der Waals surface area (Å²) in [5, 5.41) is 18.5. The number of phenolic OH excluding ortho intramolecular Hbond substituents is 1. The van der Waals surface area contributed by atoms with Crippen LogP contribution in [0.3, 0.4) is 0 Å². The van der Waals surface area contributed by atoms with E-state index < -0.39 is 0 Å². The lowest BCUT2D eigenvalue weighted by molar-refractivity contribution is 0.287. The van der Waals surface area contributed by atoms with Crippen LogP contribution in [0, 0.1) is 0 Å². The topological polar surface area (TPSA) is 102 Å². The summed E-state index contributed by atoms with van der Waals surface area (Å²) in [6, 6.07) is 10.3. The average Bonchev–Trinajstić information content (AvgIpc) is 3.14. The molecule has 0 bridgehead atoms. The van der Waals surface area contributed by atoms with Crippen LogP contribution >= 0.6 is 0 Å². The molecule has 1 heterocycles. The molecule has 0 aliphatic heterocycles. The van der Waals surface area contributed by atoms with Crippen LogP contribution < -0.4 is 30.3 Å². The summed E-state index contributed by atoms with van der Waals surface area (Å²) in [6.07, 6.45) is 21.9. The molecule has 3 aromatic rings. The highest BCUT2D eigenvalue weighted by molar-refractivity contribution is 5.88. The lowest BCUT2D eigenvalue weighted by Gasteiger charge is -2.22. The molecule has 2 aromatic carbocycles. The third-order valence-corrected chi connectivity index (χ3v) is 10.5. The molecule has 8 heteroatoms. The van der Waals surface area contributed by atoms with Crippen molar-refractivity contribution in [3.63, 3.8) is 0 Å². The second kappa shape index (κ2) is 20.6. The van der Waals surface area contributed by atoms with Gasteiger partial charge >= 0.3 is 0 Å². The van der Waals surface area contributed by atoms with Crippen LogP contribution in [-0.4, -0.2) is 50.6 Å². The molecule has 0 saturated heterocycles. The van der Waals surface area contributed by atoms with Crippen molar-refractivity contribution in [2.24, 2.45) is 0 Å². The van der Waals surface area contributed by atoms with Crippen molar-refractivity contribution in [2.75, 3.05) is 33.4 Å². The molecule has 0 unspecified atom stereocenters. The lowest BCUT2D eigenvalue weighted by atomic mass is 9.95. The first kappa shape index (κ1) is 38.0. The minimum absolute atomic E-state index is 0.134. The fourth-order valence-electron chi connectivity index (χ4n) is 7.55. The number of nitrogens with one attached hydrogen (secondary N) is 2. The van der Waals surface area contributed by atoms with Crippen molar-refractivity contribution in [1.82, 2.24) is 10.6 Å². The van der Waals surface area contributed by atoms with E-state index >= 15 is 0 Å². The van der Waals surface area contributed by atoms with Crippen LogP contribution in [0.1, 0.15) is 128 Å². The van der Waals surface area contributed by atoms with Crippen molar-refractivity contribution in [3.05, 3.63) is 46.1 Å². The van der Waals surface area contributed by atoms with E-state index in [0.717, 1.165) is 75.8 Å². The van der Waals surface area contributed by atoms with Gasteiger partial charge in [-0.2, -0.15) is 0 Å². The van der Waals surface area contributed by atoms with Gasteiger partial charge in [-0.1, -0.05) is 64.7 Å². The predicted octanol–water partition coefficient (Wildman–Crippen LogP) is 9.46. The largest absolute Gasteiger partial charge is 0.507 e. The molecule has 1 aromatic heterocycles. The van der Waals surface area contributed by atoms with Crippen molar-refractivity contribution in [1.29, 1.82) is 0 Å². The van der Waals surface area contributed by atoms with E-state index in [4.69, 9.17) is 18.6 Å². The number of unbranched alkanes of at least 4 members (excludes halogenated alkanes) is 5. The molecule has 5 rings (SSSR count). The summed E-state index contributed by atoms with van der Waals surface area (Å²) in [6.45, 7) is 5.37. The molecule has 0 atom stereocenters. The molecule has 2 aliphatic rings. The fourth-order valence-corrected chi connectivity index (χ4v) is 7.55. The third-order valence-electron chi connectivity index (χ3n) is 10.5. The van der Waals surface area contributed by atoms with Crippen LogP contribution in [0.15, 0.2) is 39.5 Å². The maximum Gasteiger partial charge on any atom is 0.200 e. The molecule has 276 valence electrons. The standard InChI is InChI=1S/C42H62N2O6/c1-3-4-5-12-21-36-41(46)40-37(45)28-34(47-2)30-39(40)50-42(36)35-23-22-33(48-26-15-13-24-43-31-17-8-6-9-18-31)29-38(35)49-27-16-14-25-44-32-19-10-7-11-20-32/h22-23,28-32,43-45H,3-21,24-27H2,1-2H3. The van der Waals surface area contributed by atoms with Gasteiger partial charge in [0.1, 0.15) is 39.7 Å². The fraction of sp³-hybridized carbons (Fsp3) is 0.643. The second-order valence-electron chi connectivity index (χ2n) is 14.4. The number of methoxy groups -OCH3 is 1. The number of benzene rings is 2. The lowest BCUT2D eigenvalue weighted by Crippen LogP contribution is -2.31. The minimum atomic E-state index is -0.209. The molecule has 2 aliphatic carbocycles. The first-order valence-corrected chi connectivity index (χ1v) is 19.8. The maximum atomic E-state index is 14.0. The van der Waals surface area contributed by atoms with Crippen LogP contribution in [-0.2, 0) is 6.42 Å². The Morgan fingerprint density at radius 1 is 0.760 bits per heavy atom. The monoisotopic (exact) mass is 690 g/mol. The van der Waals surface area contributed by atoms with E-state index in [0.29, 0.717) is 60.1 Å². The number of hydrogen-bond donors (Lipinski definition) is 3. The molecule has 0 amide bonds. The van der Waals surface area contributed by atoms with Gasteiger partial charge in [-0.05, 0) is 89.4 Å². The first-order valence-electron chi connectivity index (χ1n) is 19.8. The summed E-state index contributed by atoms with van der Waals surface area (Å²) >= 11 is 0. The van der Waals surface area contributed by atoms with E-state index in [2.05, 4.69) is 17.6 Å². The van der Waals surface area contributed by atoms with Crippen LogP contribution in [0.25, 0.3) is 22.3 Å². The molecule has 2 saturated carbocycles.